The molecule has 3 N–H and O–H groups in total. The highest BCUT2D eigenvalue weighted by molar-refractivity contribution is 5.81. The smallest absolute Gasteiger partial charge is 0.253 e. The fourth-order valence-corrected chi connectivity index (χ4v) is 3.81. The molecule has 0 radical (unpaired) electrons. The number of nitrogens with one attached hydrogen (secondary N) is 1. The lowest BCUT2D eigenvalue weighted by Gasteiger charge is -2.26. The van der Waals surface area contributed by atoms with Crippen LogP contribution < -0.4 is 26.1 Å². The van der Waals surface area contributed by atoms with Crippen molar-refractivity contribution in [2.75, 3.05) is 28.3 Å². The molecular weight excluding hydrogens is 372 g/mol. The summed E-state index contributed by atoms with van der Waals surface area (Å²) in [6, 6.07) is 3.38. The molecule has 2 heterocycles. The zero-order valence-corrected chi connectivity index (χ0v) is 17.5. The lowest BCUT2D eigenvalue weighted by atomic mass is 9.90. The molecule has 0 spiro atoms. The summed E-state index contributed by atoms with van der Waals surface area (Å²) in [5.41, 5.74) is 9.55. The molecule has 1 aliphatic heterocycles. The molecule has 8 nitrogen and oxygen atoms in total. The number of hydrogen-bond donors (Lipinski definition) is 2. The minimum atomic E-state index is -0.544. The van der Waals surface area contributed by atoms with E-state index >= 15 is 0 Å². The van der Waals surface area contributed by atoms with E-state index in [1.54, 1.807) is 25.8 Å². The highest BCUT2D eigenvalue weighted by Gasteiger charge is 2.28. The predicted octanol–water partition coefficient (Wildman–Crippen LogP) is 0.631. The lowest BCUT2D eigenvalue weighted by Crippen LogP contribution is -2.47. The number of ether oxygens (including phenoxy) is 2. The van der Waals surface area contributed by atoms with Gasteiger partial charge in [0.2, 0.25) is 5.91 Å². The molecule has 0 saturated heterocycles. The molecule has 1 atom stereocenters. The van der Waals surface area contributed by atoms with E-state index in [1.165, 1.54) is 0 Å². The van der Waals surface area contributed by atoms with Crippen molar-refractivity contribution < 1.29 is 14.3 Å². The number of primary amides is 1. The number of amides is 1. The van der Waals surface area contributed by atoms with Gasteiger partial charge < -0.3 is 30.0 Å². The fraction of sp³-hybridized carbons (Fsp3) is 0.429. The average Bonchev–Trinajstić information content (AvgIpc) is 2.70. The third-order valence-corrected chi connectivity index (χ3v) is 5.26. The zero-order chi connectivity index (χ0) is 21.3. The summed E-state index contributed by atoms with van der Waals surface area (Å²) in [6.45, 7) is 1.05. The standard InChI is InChI=1S/C21H28N4O4/c1-24(2)10-16-18(28-4)6-12(7-19(16)29-5)15-11-25(3)21(27)13-8-17(20(22)26)23-9-14(13)15/h6-7,11,17,23H,8-10H2,1-5H3,(H2,22,26). The number of pyridine rings is 1. The minimum Gasteiger partial charge on any atom is -0.496 e. The molecule has 1 aromatic carbocycles. The Bertz CT molecular complexity index is 972. The number of rotatable bonds is 6. The molecule has 0 saturated carbocycles. The van der Waals surface area contributed by atoms with Gasteiger partial charge in [-0.2, -0.15) is 0 Å². The fourth-order valence-electron chi connectivity index (χ4n) is 3.81. The Balaban J connectivity index is 2.19. The Labute approximate surface area is 170 Å². The van der Waals surface area contributed by atoms with Crippen LogP contribution in [-0.4, -0.2) is 49.7 Å². The third kappa shape index (κ3) is 3.99. The van der Waals surface area contributed by atoms with Gasteiger partial charge in [-0.05, 0) is 37.4 Å². The molecule has 156 valence electrons. The monoisotopic (exact) mass is 400 g/mol. The quantitative estimate of drug-likeness (QED) is 0.738. The van der Waals surface area contributed by atoms with E-state index in [2.05, 4.69) is 5.32 Å². The molecule has 29 heavy (non-hydrogen) atoms. The number of carbonyl (C=O) groups excluding carboxylic acids is 1. The van der Waals surface area contributed by atoms with Crippen LogP contribution >= 0.6 is 0 Å². The molecule has 8 heteroatoms. The number of fused-ring (bicyclic) bond motifs is 1. The number of nitrogens with two attached hydrogens (primary N) is 1. The first kappa shape index (κ1) is 20.9. The SMILES string of the molecule is COc1cc(-c2cn(C)c(=O)c3c2CNC(C(N)=O)C3)cc(OC)c1CN(C)C. The van der Waals surface area contributed by atoms with Gasteiger partial charge in [0.05, 0.1) is 25.8 Å². The summed E-state index contributed by atoms with van der Waals surface area (Å²) in [5.74, 6) is 0.975. The van der Waals surface area contributed by atoms with Crippen molar-refractivity contribution in [3.63, 3.8) is 0 Å². The first-order chi connectivity index (χ1) is 13.8. The zero-order valence-electron chi connectivity index (χ0n) is 17.5. The lowest BCUT2D eigenvalue weighted by molar-refractivity contribution is -0.120. The van der Waals surface area contributed by atoms with E-state index in [9.17, 15) is 9.59 Å². The van der Waals surface area contributed by atoms with Crippen LogP contribution in [-0.2, 0) is 31.4 Å². The molecular formula is C21H28N4O4. The number of carbonyl (C=O) groups is 1. The topological polar surface area (TPSA) is 98.8 Å². The number of aryl methyl sites for hydroxylation is 1. The second kappa shape index (κ2) is 8.26. The molecule has 1 aliphatic rings. The average molecular weight is 400 g/mol. The van der Waals surface area contributed by atoms with Crippen LogP contribution in [0.25, 0.3) is 11.1 Å². The summed E-state index contributed by atoms with van der Waals surface area (Å²) >= 11 is 0. The van der Waals surface area contributed by atoms with Crippen molar-refractivity contribution in [2.45, 2.75) is 25.6 Å². The van der Waals surface area contributed by atoms with Gasteiger partial charge in [-0.1, -0.05) is 0 Å². The van der Waals surface area contributed by atoms with Gasteiger partial charge in [0.15, 0.2) is 0 Å². The molecule has 0 aliphatic carbocycles. The second-order valence-corrected chi connectivity index (χ2v) is 7.55. The van der Waals surface area contributed by atoms with Crippen LogP contribution in [0.15, 0.2) is 23.1 Å². The molecule has 3 rings (SSSR count). The number of nitrogens with zero attached hydrogens (tertiary/aromatic N) is 2. The molecule has 1 aromatic heterocycles. The molecule has 1 amide bonds. The van der Waals surface area contributed by atoms with Crippen molar-refractivity contribution in [3.8, 4) is 22.6 Å². The van der Waals surface area contributed by atoms with Crippen LogP contribution in [0.2, 0.25) is 0 Å². The van der Waals surface area contributed by atoms with E-state index < -0.39 is 11.9 Å². The molecule has 0 fully saturated rings. The second-order valence-electron chi connectivity index (χ2n) is 7.55. The van der Waals surface area contributed by atoms with Crippen LogP contribution in [0.3, 0.4) is 0 Å². The van der Waals surface area contributed by atoms with E-state index in [0.717, 1.165) is 33.8 Å². The molecule has 1 unspecified atom stereocenters. The Morgan fingerprint density at radius 3 is 2.38 bits per heavy atom. The Hall–Kier alpha value is -2.84. The predicted molar refractivity (Wildman–Crippen MR) is 111 cm³/mol. The summed E-state index contributed by atoms with van der Waals surface area (Å²) < 4.78 is 12.8. The summed E-state index contributed by atoms with van der Waals surface area (Å²) in [5, 5.41) is 3.13. The summed E-state index contributed by atoms with van der Waals surface area (Å²) in [7, 11) is 8.94. The van der Waals surface area contributed by atoms with Gasteiger partial charge in [0.25, 0.3) is 5.56 Å². The number of methoxy groups -OCH3 is 2. The number of aromatic nitrogens is 1. The van der Waals surface area contributed by atoms with Gasteiger partial charge in [-0.3, -0.25) is 9.59 Å². The highest BCUT2D eigenvalue weighted by atomic mass is 16.5. The van der Waals surface area contributed by atoms with Gasteiger partial charge in [-0.15, -0.1) is 0 Å². The van der Waals surface area contributed by atoms with Gasteiger partial charge in [0, 0.05) is 43.9 Å². The normalized spacial score (nSPS) is 15.9. The largest absolute Gasteiger partial charge is 0.496 e. The van der Waals surface area contributed by atoms with Crippen LogP contribution in [0.4, 0.5) is 0 Å². The number of benzene rings is 1. The highest BCUT2D eigenvalue weighted by Crippen LogP contribution is 2.37. The van der Waals surface area contributed by atoms with E-state index in [0.29, 0.717) is 18.7 Å². The van der Waals surface area contributed by atoms with Crippen LogP contribution in [0, 0.1) is 0 Å². The maximum Gasteiger partial charge on any atom is 0.253 e. The molecule has 0 bridgehead atoms. The van der Waals surface area contributed by atoms with Crippen molar-refractivity contribution in [2.24, 2.45) is 12.8 Å². The summed E-state index contributed by atoms with van der Waals surface area (Å²) in [6.07, 6.45) is 2.09. The van der Waals surface area contributed by atoms with E-state index in [-0.39, 0.29) is 12.0 Å². The van der Waals surface area contributed by atoms with E-state index in [4.69, 9.17) is 15.2 Å². The van der Waals surface area contributed by atoms with Gasteiger partial charge >= 0.3 is 0 Å². The Morgan fingerprint density at radius 2 is 1.86 bits per heavy atom. The van der Waals surface area contributed by atoms with E-state index in [1.807, 2.05) is 37.3 Å². The maximum absolute atomic E-state index is 12.7. The molecule has 2 aromatic rings. The van der Waals surface area contributed by atoms with Gasteiger partial charge in [-0.25, -0.2) is 0 Å². The summed E-state index contributed by atoms with van der Waals surface area (Å²) in [4.78, 5) is 26.4. The van der Waals surface area contributed by atoms with Crippen LogP contribution in [0.1, 0.15) is 16.7 Å². The first-order valence-electron chi connectivity index (χ1n) is 9.40. The van der Waals surface area contributed by atoms with Crippen molar-refractivity contribution in [3.05, 3.63) is 45.4 Å². The van der Waals surface area contributed by atoms with Crippen molar-refractivity contribution in [1.82, 2.24) is 14.8 Å². The number of hydrogen-bond acceptors (Lipinski definition) is 6. The van der Waals surface area contributed by atoms with Gasteiger partial charge in [0.1, 0.15) is 11.5 Å². The Morgan fingerprint density at radius 1 is 1.24 bits per heavy atom. The maximum atomic E-state index is 12.7. The first-order valence-corrected chi connectivity index (χ1v) is 9.40. The minimum absolute atomic E-state index is 0.111. The van der Waals surface area contributed by atoms with Crippen LogP contribution in [0.5, 0.6) is 11.5 Å². The Kier molecular flexibility index (Phi) is 5.95. The van der Waals surface area contributed by atoms with Crippen molar-refractivity contribution >= 4 is 5.91 Å². The van der Waals surface area contributed by atoms with Crippen molar-refractivity contribution in [1.29, 1.82) is 0 Å². The third-order valence-electron chi connectivity index (χ3n) is 5.26.